The SMILES string of the molecule is CC(C)Oc1ccc(Nc2cncc(C(=O)N3CCN(C)CC3)c2)cc1. The minimum Gasteiger partial charge on any atom is -0.491 e. The molecule has 0 bridgehead atoms. The molecule has 138 valence electrons. The van der Waals surface area contributed by atoms with Gasteiger partial charge in [0, 0.05) is 38.1 Å². The van der Waals surface area contributed by atoms with Crippen molar-refractivity contribution >= 4 is 17.3 Å². The molecule has 3 rings (SSSR count). The van der Waals surface area contributed by atoms with Gasteiger partial charge in [-0.25, -0.2) is 0 Å². The molecule has 2 heterocycles. The second-order valence-electron chi connectivity index (χ2n) is 6.87. The standard InChI is InChI=1S/C20H26N4O2/c1-15(2)26-19-6-4-17(5-7-19)22-18-12-16(13-21-14-18)20(25)24-10-8-23(3)9-11-24/h4-7,12-15,22H,8-11H2,1-3H3. The molecule has 2 aromatic rings. The van der Waals surface area contributed by atoms with Crippen LogP contribution in [0.2, 0.25) is 0 Å². The van der Waals surface area contributed by atoms with Crippen LogP contribution in [-0.4, -0.2) is 60.0 Å². The fraction of sp³-hybridized carbons (Fsp3) is 0.400. The van der Waals surface area contributed by atoms with Gasteiger partial charge in [-0.2, -0.15) is 0 Å². The summed E-state index contributed by atoms with van der Waals surface area (Å²) in [5.74, 6) is 0.873. The van der Waals surface area contributed by atoms with E-state index in [1.807, 2.05) is 49.1 Å². The van der Waals surface area contributed by atoms with E-state index in [2.05, 4.69) is 22.2 Å². The van der Waals surface area contributed by atoms with Crippen LogP contribution < -0.4 is 10.1 Å². The third-order valence-corrected chi connectivity index (χ3v) is 4.29. The molecule has 1 aliphatic heterocycles. The summed E-state index contributed by atoms with van der Waals surface area (Å²) in [6.07, 6.45) is 3.50. The molecule has 6 heteroatoms. The highest BCUT2D eigenvalue weighted by Gasteiger charge is 2.20. The van der Waals surface area contributed by atoms with Gasteiger partial charge in [0.25, 0.3) is 5.91 Å². The Morgan fingerprint density at radius 3 is 2.42 bits per heavy atom. The molecule has 1 amide bonds. The Kier molecular flexibility index (Phi) is 5.73. The van der Waals surface area contributed by atoms with Crippen LogP contribution in [0.1, 0.15) is 24.2 Å². The second kappa shape index (κ2) is 8.19. The number of anilines is 2. The van der Waals surface area contributed by atoms with E-state index in [4.69, 9.17) is 4.74 Å². The highest BCUT2D eigenvalue weighted by Crippen LogP contribution is 2.21. The molecule has 0 saturated carbocycles. The van der Waals surface area contributed by atoms with Crippen molar-refractivity contribution in [2.75, 3.05) is 38.5 Å². The van der Waals surface area contributed by atoms with Crippen molar-refractivity contribution in [3.63, 3.8) is 0 Å². The van der Waals surface area contributed by atoms with Crippen LogP contribution in [0.15, 0.2) is 42.7 Å². The summed E-state index contributed by atoms with van der Waals surface area (Å²) in [5, 5.41) is 3.29. The zero-order chi connectivity index (χ0) is 18.5. The highest BCUT2D eigenvalue weighted by atomic mass is 16.5. The van der Waals surface area contributed by atoms with Crippen LogP contribution in [0, 0.1) is 0 Å². The average molecular weight is 354 g/mol. The Bertz CT molecular complexity index is 738. The van der Waals surface area contributed by atoms with Crippen molar-refractivity contribution in [3.8, 4) is 5.75 Å². The fourth-order valence-corrected chi connectivity index (χ4v) is 2.87. The molecule has 0 unspecified atom stereocenters. The molecule has 0 radical (unpaired) electrons. The van der Waals surface area contributed by atoms with Crippen molar-refractivity contribution in [3.05, 3.63) is 48.3 Å². The predicted molar refractivity (Wildman–Crippen MR) is 103 cm³/mol. The minimum absolute atomic E-state index is 0.0370. The number of hydrogen-bond donors (Lipinski definition) is 1. The first-order valence-electron chi connectivity index (χ1n) is 8.98. The first-order chi connectivity index (χ1) is 12.5. The van der Waals surface area contributed by atoms with Crippen molar-refractivity contribution in [2.45, 2.75) is 20.0 Å². The molecule has 1 aromatic heterocycles. The smallest absolute Gasteiger partial charge is 0.255 e. The van der Waals surface area contributed by atoms with Gasteiger partial charge in [-0.1, -0.05) is 0 Å². The van der Waals surface area contributed by atoms with Gasteiger partial charge in [0.1, 0.15) is 5.75 Å². The predicted octanol–water partition coefficient (Wildman–Crippen LogP) is 3.00. The van der Waals surface area contributed by atoms with E-state index in [9.17, 15) is 4.79 Å². The summed E-state index contributed by atoms with van der Waals surface area (Å²) < 4.78 is 5.65. The lowest BCUT2D eigenvalue weighted by atomic mass is 10.2. The Hall–Kier alpha value is -2.60. The molecule has 1 aromatic carbocycles. The van der Waals surface area contributed by atoms with Gasteiger partial charge in [-0.05, 0) is 51.2 Å². The molecule has 1 aliphatic rings. The maximum atomic E-state index is 12.7. The van der Waals surface area contributed by atoms with Crippen LogP contribution in [0.5, 0.6) is 5.75 Å². The maximum absolute atomic E-state index is 12.7. The van der Waals surface area contributed by atoms with Gasteiger partial charge < -0.3 is 19.9 Å². The van der Waals surface area contributed by atoms with Gasteiger partial charge in [0.05, 0.1) is 23.6 Å². The Morgan fingerprint density at radius 2 is 1.77 bits per heavy atom. The normalized spacial score (nSPS) is 15.2. The van der Waals surface area contributed by atoms with Crippen LogP contribution in [-0.2, 0) is 0 Å². The average Bonchev–Trinajstić information content (AvgIpc) is 2.63. The van der Waals surface area contributed by atoms with Gasteiger partial charge in [0.2, 0.25) is 0 Å². The van der Waals surface area contributed by atoms with Gasteiger partial charge >= 0.3 is 0 Å². The van der Waals surface area contributed by atoms with Crippen molar-refractivity contribution in [1.82, 2.24) is 14.8 Å². The Balaban J connectivity index is 1.66. The monoisotopic (exact) mass is 354 g/mol. The number of benzene rings is 1. The van der Waals surface area contributed by atoms with Crippen molar-refractivity contribution < 1.29 is 9.53 Å². The number of piperazine rings is 1. The first-order valence-corrected chi connectivity index (χ1v) is 8.98. The number of hydrogen-bond acceptors (Lipinski definition) is 5. The topological polar surface area (TPSA) is 57.7 Å². The summed E-state index contributed by atoms with van der Waals surface area (Å²) in [6, 6.07) is 9.61. The van der Waals surface area contributed by atoms with E-state index in [1.165, 1.54) is 0 Å². The Morgan fingerprint density at radius 1 is 1.08 bits per heavy atom. The van der Waals surface area contributed by atoms with E-state index in [0.717, 1.165) is 43.3 Å². The number of amides is 1. The minimum atomic E-state index is 0.0370. The molecule has 1 saturated heterocycles. The number of pyridine rings is 1. The third-order valence-electron chi connectivity index (χ3n) is 4.29. The number of nitrogens with zero attached hydrogens (tertiary/aromatic N) is 3. The molecule has 6 nitrogen and oxygen atoms in total. The second-order valence-corrected chi connectivity index (χ2v) is 6.87. The van der Waals surface area contributed by atoms with E-state index in [-0.39, 0.29) is 12.0 Å². The summed E-state index contributed by atoms with van der Waals surface area (Å²) >= 11 is 0. The molecular formula is C20H26N4O2. The van der Waals surface area contributed by atoms with Gasteiger partial charge in [-0.3, -0.25) is 9.78 Å². The fourth-order valence-electron chi connectivity index (χ4n) is 2.87. The lowest BCUT2D eigenvalue weighted by molar-refractivity contribution is 0.0663. The zero-order valence-corrected chi connectivity index (χ0v) is 15.6. The number of likely N-dealkylation sites (N-methyl/N-ethyl adjacent to an activating group) is 1. The van der Waals surface area contributed by atoms with E-state index >= 15 is 0 Å². The summed E-state index contributed by atoms with van der Waals surface area (Å²) in [6.45, 7) is 7.32. The quantitative estimate of drug-likeness (QED) is 0.894. The number of carbonyl (C=O) groups excluding carboxylic acids is 1. The molecule has 1 fully saturated rings. The van der Waals surface area contributed by atoms with Gasteiger partial charge in [0.15, 0.2) is 0 Å². The van der Waals surface area contributed by atoms with Crippen molar-refractivity contribution in [1.29, 1.82) is 0 Å². The van der Waals surface area contributed by atoms with Gasteiger partial charge in [-0.15, -0.1) is 0 Å². The molecule has 1 N–H and O–H groups in total. The van der Waals surface area contributed by atoms with Crippen LogP contribution in [0.3, 0.4) is 0 Å². The molecule has 0 spiro atoms. The summed E-state index contributed by atoms with van der Waals surface area (Å²) in [7, 11) is 2.07. The van der Waals surface area contributed by atoms with Crippen LogP contribution in [0.25, 0.3) is 0 Å². The Labute approximate surface area is 154 Å². The summed E-state index contributed by atoms with van der Waals surface area (Å²) in [4.78, 5) is 21.0. The number of nitrogens with one attached hydrogen (secondary N) is 1. The van der Waals surface area contributed by atoms with Crippen molar-refractivity contribution in [2.24, 2.45) is 0 Å². The molecule has 0 atom stereocenters. The third kappa shape index (κ3) is 4.73. The molecule has 26 heavy (non-hydrogen) atoms. The highest BCUT2D eigenvalue weighted by molar-refractivity contribution is 5.95. The first kappa shape index (κ1) is 18.2. The zero-order valence-electron chi connectivity index (χ0n) is 15.6. The molecule has 0 aliphatic carbocycles. The summed E-state index contributed by atoms with van der Waals surface area (Å²) in [5.41, 5.74) is 2.33. The van der Waals surface area contributed by atoms with Crippen LogP contribution >= 0.6 is 0 Å². The lowest BCUT2D eigenvalue weighted by Crippen LogP contribution is -2.47. The maximum Gasteiger partial charge on any atom is 0.255 e. The van der Waals surface area contributed by atoms with Crippen LogP contribution in [0.4, 0.5) is 11.4 Å². The number of rotatable bonds is 5. The van der Waals surface area contributed by atoms with E-state index in [0.29, 0.717) is 5.56 Å². The lowest BCUT2D eigenvalue weighted by Gasteiger charge is -2.32. The van der Waals surface area contributed by atoms with E-state index in [1.54, 1.807) is 12.4 Å². The largest absolute Gasteiger partial charge is 0.491 e. The van der Waals surface area contributed by atoms with E-state index < -0.39 is 0 Å². The number of aromatic nitrogens is 1. The molecular weight excluding hydrogens is 328 g/mol. The number of ether oxygens (including phenoxy) is 1. The number of carbonyl (C=O) groups is 1.